The molecule has 0 saturated carbocycles. The molecule has 2 aromatic rings. The van der Waals surface area contributed by atoms with Gasteiger partial charge in [0.1, 0.15) is 11.5 Å². The van der Waals surface area contributed by atoms with Crippen molar-refractivity contribution in [1.82, 2.24) is 0 Å². The molecule has 22 heavy (non-hydrogen) atoms. The van der Waals surface area contributed by atoms with E-state index in [2.05, 4.69) is 0 Å². The largest absolute Gasteiger partial charge is 0.466 e. The number of rotatable bonds is 6. The van der Waals surface area contributed by atoms with Crippen LogP contribution < -0.4 is 10.5 Å². The first-order chi connectivity index (χ1) is 10.2. The Kier molecular flexibility index (Phi) is 7.43. The number of para-hydroxylation sites is 1. The Morgan fingerprint density at radius 2 is 1.64 bits per heavy atom. The van der Waals surface area contributed by atoms with Crippen molar-refractivity contribution in [2.24, 2.45) is 5.73 Å². The Hall–Kier alpha value is -2.04. The SMILES string of the molecule is CCOC(=O)C[C@@H](N)c1ccc(Oc2ccccc2)cc1.Cl. The highest BCUT2D eigenvalue weighted by atomic mass is 35.5. The quantitative estimate of drug-likeness (QED) is 0.821. The predicted octanol–water partition coefficient (Wildman–Crippen LogP) is 3.85. The third kappa shape index (κ3) is 5.39. The van der Waals surface area contributed by atoms with Crippen LogP contribution in [0.2, 0.25) is 0 Å². The summed E-state index contributed by atoms with van der Waals surface area (Å²) in [5, 5.41) is 0. The fraction of sp³-hybridized carbons (Fsp3) is 0.235. The van der Waals surface area contributed by atoms with Crippen molar-refractivity contribution in [3.05, 3.63) is 60.2 Å². The Morgan fingerprint density at radius 3 is 2.23 bits per heavy atom. The molecule has 1 atom stereocenters. The number of ether oxygens (including phenoxy) is 2. The van der Waals surface area contributed by atoms with E-state index in [1.807, 2.05) is 54.6 Å². The van der Waals surface area contributed by atoms with E-state index in [-0.39, 0.29) is 30.8 Å². The number of carbonyl (C=O) groups excluding carboxylic acids is 1. The fourth-order valence-electron chi connectivity index (χ4n) is 1.93. The molecule has 0 spiro atoms. The van der Waals surface area contributed by atoms with E-state index >= 15 is 0 Å². The Bertz CT molecular complexity index is 572. The molecule has 0 amide bonds. The van der Waals surface area contributed by atoms with Gasteiger partial charge in [-0.3, -0.25) is 4.79 Å². The summed E-state index contributed by atoms with van der Waals surface area (Å²) in [4.78, 5) is 11.4. The Morgan fingerprint density at radius 1 is 1.05 bits per heavy atom. The van der Waals surface area contributed by atoms with E-state index in [9.17, 15) is 4.79 Å². The molecule has 2 rings (SSSR count). The molecule has 2 N–H and O–H groups in total. The monoisotopic (exact) mass is 321 g/mol. The maximum atomic E-state index is 11.4. The second-order valence-electron chi connectivity index (χ2n) is 4.60. The molecule has 0 bridgehead atoms. The summed E-state index contributed by atoms with van der Waals surface area (Å²) in [6.45, 7) is 2.15. The van der Waals surface area contributed by atoms with Crippen LogP contribution in [0, 0.1) is 0 Å². The number of nitrogens with two attached hydrogens (primary N) is 1. The van der Waals surface area contributed by atoms with Crippen molar-refractivity contribution in [2.75, 3.05) is 6.61 Å². The zero-order valence-electron chi connectivity index (χ0n) is 12.4. The van der Waals surface area contributed by atoms with Gasteiger partial charge in [0.25, 0.3) is 0 Å². The van der Waals surface area contributed by atoms with Crippen molar-refractivity contribution < 1.29 is 14.3 Å². The molecular formula is C17H20ClNO3. The molecule has 5 heteroatoms. The van der Waals surface area contributed by atoms with Crippen LogP contribution in [-0.4, -0.2) is 12.6 Å². The average molecular weight is 322 g/mol. The first kappa shape index (κ1) is 18.0. The number of benzene rings is 2. The zero-order chi connectivity index (χ0) is 15.1. The molecule has 0 aliphatic carbocycles. The predicted molar refractivity (Wildman–Crippen MR) is 88.4 cm³/mol. The molecule has 118 valence electrons. The van der Waals surface area contributed by atoms with Gasteiger partial charge in [-0.1, -0.05) is 30.3 Å². The summed E-state index contributed by atoms with van der Waals surface area (Å²) in [5.74, 6) is 1.23. The minimum atomic E-state index is -0.366. The van der Waals surface area contributed by atoms with E-state index in [1.165, 1.54) is 0 Å². The van der Waals surface area contributed by atoms with Crippen molar-refractivity contribution in [3.63, 3.8) is 0 Å². The summed E-state index contributed by atoms with van der Waals surface area (Å²) in [7, 11) is 0. The van der Waals surface area contributed by atoms with Crippen molar-refractivity contribution >= 4 is 18.4 Å². The third-order valence-electron chi connectivity index (χ3n) is 2.98. The summed E-state index contributed by atoms with van der Waals surface area (Å²) in [6, 6.07) is 16.6. The smallest absolute Gasteiger partial charge is 0.307 e. The standard InChI is InChI=1S/C17H19NO3.ClH/c1-2-20-17(19)12-16(18)13-8-10-15(11-9-13)21-14-6-4-3-5-7-14;/h3-11,16H,2,12,18H2,1H3;1H/t16-;/m1./s1. The van der Waals surface area contributed by atoms with Crippen LogP contribution in [-0.2, 0) is 9.53 Å². The number of hydrogen-bond acceptors (Lipinski definition) is 4. The molecule has 0 aliphatic heterocycles. The van der Waals surface area contributed by atoms with Crippen LogP contribution in [0.1, 0.15) is 24.9 Å². The lowest BCUT2D eigenvalue weighted by molar-refractivity contribution is -0.143. The molecule has 0 unspecified atom stereocenters. The molecule has 0 aromatic heterocycles. The van der Waals surface area contributed by atoms with Crippen LogP contribution in [0.3, 0.4) is 0 Å². The van der Waals surface area contributed by atoms with Gasteiger partial charge in [0.05, 0.1) is 13.0 Å². The molecule has 0 radical (unpaired) electrons. The maximum absolute atomic E-state index is 11.4. The van der Waals surface area contributed by atoms with Crippen LogP contribution >= 0.6 is 12.4 Å². The second-order valence-corrected chi connectivity index (χ2v) is 4.60. The van der Waals surface area contributed by atoms with Crippen molar-refractivity contribution in [3.8, 4) is 11.5 Å². The molecular weight excluding hydrogens is 302 g/mol. The minimum absolute atomic E-state index is 0. The first-order valence-corrected chi connectivity index (χ1v) is 6.93. The zero-order valence-corrected chi connectivity index (χ0v) is 13.2. The van der Waals surface area contributed by atoms with Crippen LogP contribution in [0.5, 0.6) is 11.5 Å². The fourth-order valence-corrected chi connectivity index (χ4v) is 1.93. The van der Waals surface area contributed by atoms with Crippen molar-refractivity contribution in [2.45, 2.75) is 19.4 Å². The van der Waals surface area contributed by atoms with E-state index in [0.29, 0.717) is 6.61 Å². The minimum Gasteiger partial charge on any atom is -0.466 e. The highest BCUT2D eigenvalue weighted by Gasteiger charge is 2.12. The van der Waals surface area contributed by atoms with E-state index in [0.717, 1.165) is 17.1 Å². The summed E-state index contributed by atoms with van der Waals surface area (Å²) < 4.78 is 10.6. The van der Waals surface area contributed by atoms with E-state index in [4.69, 9.17) is 15.2 Å². The second kappa shape index (κ2) is 9.07. The van der Waals surface area contributed by atoms with Crippen molar-refractivity contribution in [1.29, 1.82) is 0 Å². The summed E-state index contributed by atoms with van der Waals surface area (Å²) >= 11 is 0. The van der Waals surface area contributed by atoms with Crippen LogP contribution in [0.4, 0.5) is 0 Å². The molecule has 4 nitrogen and oxygen atoms in total. The van der Waals surface area contributed by atoms with Gasteiger partial charge in [-0.15, -0.1) is 12.4 Å². The van der Waals surface area contributed by atoms with Crippen LogP contribution in [0.25, 0.3) is 0 Å². The molecule has 0 heterocycles. The van der Waals surface area contributed by atoms with Gasteiger partial charge in [-0.05, 0) is 36.8 Å². The van der Waals surface area contributed by atoms with Gasteiger partial charge in [-0.25, -0.2) is 0 Å². The first-order valence-electron chi connectivity index (χ1n) is 6.93. The molecule has 0 fully saturated rings. The van der Waals surface area contributed by atoms with E-state index < -0.39 is 0 Å². The Balaban J connectivity index is 0.00000242. The topological polar surface area (TPSA) is 61.5 Å². The highest BCUT2D eigenvalue weighted by Crippen LogP contribution is 2.23. The van der Waals surface area contributed by atoms with Gasteiger partial charge < -0.3 is 15.2 Å². The lowest BCUT2D eigenvalue weighted by atomic mass is 10.0. The van der Waals surface area contributed by atoms with Gasteiger partial charge in [0, 0.05) is 6.04 Å². The summed E-state index contributed by atoms with van der Waals surface area (Å²) in [6.07, 6.45) is 0.173. The molecule has 0 saturated heterocycles. The third-order valence-corrected chi connectivity index (χ3v) is 2.98. The molecule has 0 aliphatic rings. The highest BCUT2D eigenvalue weighted by molar-refractivity contribution is 5.85. The van der Waals surface area contributed by atoms with Gasteiger partial charge >= 0.3 is 5.97 Å². The number of carbonyl (C=O) groups is 1. The number of esters is 1. The normalized spacial score (nSPS) is 11.2. The van der Waals surface area contributed by atoms with E-state index in [1.54, 1.807) is 6.92 Å². The van der Waals surface area contributed by atoms with Crippen LogP contribution in [0.15, 0.2) is 54.6 Å². The maximum Gasteiger partial charge on any atom is 0.307 e. The Labute approximate surface area is 136 Å². The van der Waals surface area contributed by atoms with Gasteiger partial charge in [0.15, 0.2) is 0 Å². The van der Waals surface area contributed by atoms with Gasteiger partial charge in [0.2, 0.25) is 0 Å². The molecule has 2 aromatic carbocycles. The average Bonchev–Trinajstić information content (AvgIpc) is 2.49. The summed E-state index contributed by atoms with van der Waals surface area (Å²) in [5.41, 5.74) is 6.87. The lowest BCUT2D eigenvalue weighted by Crippen LogP contribution is -2.17. The van der Waals surface area contributed by atoms with Gasteiger partial charge in [-0.2, -0.15) is 0 Å². The number of halogens is 1. The number of hydrogen-bond donors (Lipinski definition) is 1. The lowest BCUT2D eigenvalue weighted by Gasteiger charge is -2.12.